The second-order valence-corrected chi connectivity index (χ2v) is 7.43. The van der Waals surface area contributed by atoms with Crippen LogP contribution in [-0.4, -0.2) is 42.2 Å². The third-order valence-electron chi connectivity index (χ3n) is 6.12. The molecule has 5 heterocycles. The molecule has 3 fully saturated rings. The van der Waals surface area contributed by atoms with Crippen LogP contribution < -0.4 is 10.2 Å². The maximum atomic E-state index is 14.2. The van der Waals surface area contributed by atoms with Crippen LogP contribution >= 0.6 is 0 Å². The fourth-order valence-electron chi connectivity index (χ4n) is 4.98. The molecule has 3 saturated heterocycles. The largest absolute Gasteiger partial charge is 0.459 e. The predicted octanol–water partition coefficient (Wildman–Crippen LogP) is 2.23. The topological polar surface area (TPSA) is 67.6 Å². The van der Waals surface area contributed by atoms with Crippen molar-refractivity contribution in [1.29, 1.82) is 0 Å². The van der Waals surface area contributed by atoms with Gasteiger partial charge in [-0.3, -0.25) is 9.78 Å². The number of nitrogens with one attached hydrogen (secondary N) is 1. The number of aromatic nitrogens is 1. The molecule has 0 aliphatic carbocycles. The van der Waals surface area contributed by atoms with E-state index in [9.17, 15) is 9.18 Å². The number of amides is 1. The summed E-state index contributed by atoms with van der Waals surface area (Å²) >= 11 is 0. The molecule has 5 rings (SSSR count). The van der Waals surface area contributed by atoms with Gasteiger partial charge in [0.25, 0.3) is 5.91 Å². The lowest BCUT2D eigenvalue weighted by Gasteiger charge is -2.29. The number of hydrogen-bond donors (Lipinski definition) is 1. The van der Waals surface area contributed by atoms with Crippen molar-refractivity contribution in [1.82, 2.24) is 10.3 Å². The van der Waals surface area contributed by atoms with Gasteiger partial charge < -0.3 is 19.4 Å². The van der Waals surface area contributed by atoms with Crippen molar-refractivity contribution in [3.8, 4) is 0 Å². The molecule has 0 unspecified atom stereocenters. The van der Waals surface area contributed by atoms with Crippen molar-refractivity contribution >= 4 is 11.6 Å². The van der Waals surface area contributed by atoms with Gasteiger partial charge in [-0.15, -0.1) is 0 Å². The summed E-state index contributed by atoms with van der Waals surface area (Å²) in [5.74, 6) is 0.321. The molecule has 2 aromatic rings. The molecule has 0 aromatic carbocycles. The first-order chi connectivity index (χ1) is 12.7. The number of rotatable bonds is 4. The Labute approximate surface area is 150 Å². The van der Waals surface area contributed by atoms with E-state index in [1.165, 1.54) is 12.5 Å². The molecule has 1 N–H and O–H groups in total. The molecule has 7 heteroatoms. The first kappa shape index (κ1) is 15.8. The molecule has 6 nitrogen and oxygen atoms in total. The van der Waals surface area contributed by atoms with Crippen LogP contribution in [0.4, 0.5) is 10.1 Å². The van der Waals surface area contributed by atoms with E-state index in [2.05, 4.69) is 15.2 Å². The Balaban J connectivity index is 1.32. The van der Waals surface area contributed by atoms with Gasteiger partial charge in [0.2, 0.25) is 0 Å². The molecule has 1 spiro atoms. The van der Waals surface area contributed by atoms with Gasteiger partial charge in [-0.05, 0) is 31.0 Å². The summed E-state index contributed by atoms with van der Waals surface area (Å²) in [4.78, 5) is 18.1. The first-order valence-electron chi connectivity index (χ1n) is 9.00. The number of carbonyl (C=O) groups excluding carboxylic acids is 1. The van der Waals surface area contributed by atoms with Crippen molar-refractivity contribution < 1.29 is 18.3 Å². The Bertz CT molecular complexity index is 827. The molecular weight excluding hydrogens is 337 g/mol. The van der Waals surface area contributed by atoms with Gasteiger partial charge in [-0.25, -0.2) is 4.39 Å². The van der Waals surface area contributed by atoms with E-state index in [-0.39, 0.29) is 35.3 Å². The molecule has 136 valence electrons. The highest BCUT2D eigenvalue weighted by Gasteiger charge is 2.63. The summed E-state index contributed by atoms with van der Waals surface area (Å²) in [6.07, 6.45) is 6.51. The highest BCUT2D eigenvalue weighted by atomic mass is 19.1. The van der Waals surface area contributed by atoms with E-state index in [4.69, 9.17) is 9.15 Å². The van der Waals surface area contributed by atoms with Crippen LogP contribution in [0.1, 0.15) is 23.4 Å². The second kappa shape index (κ2) is 5.81. The Morgan fingerprint density at radius 2 is 2.38 bits per heavy atom. The lowest BCUT2D eigenvalue weighted by molar-refractivity contribution is 0.0141. The van der Waals surface area contributed by atoms with Crippen LogP contribution in [0.15, 0.2) is 41.3 Å². The van der Waals surface area contributed by atoms with Crippen molar-refractivity contribution in [2.45, 2.75) is 24.5 Å². The molecule has 3 aliphatic rings. The van der Waals surface area contributed by atoms with Gasteiger partial charge >= 0.3 is 0 Å². The highest BCUT2D eigenvalue weighted by Crippen LogP contribution is 2.55. The Morgan fingerprint density at radius 3 is 3.19 bits per heavy atom. The lowest BCUT2D eigenvalue weighted by atomic mass is 9.73. The molecule has 1 amide bonds. The van der Waals surface area contributed by atoms with E-state index in [1.54, 1.807) is 24.4 Å². The maximum absolute atomic E-state index is 14.2. The van der Waals surface area contributed by atoms with E-state index >= 15 is 0 Å². The minimum Gasteiger partial charge on any atom is -0.459 e. The number of pyridine rings is 1. The van der Waals surface area contributed by atoms with E-state index in [0.29, 0.717) is 24.5 Å². The number of hydrogen-bond acceptors (Lipinski definition) is 5. The molecular formula is C19H20FN3O3. The molecule has 0 saturated carbocycles. The number of furan rings is 1. The van der Waals surface area contributed by atoms with E-state index < -0.39 is 0 Å². The number of ether oxygens (including phenoxy) is 1. The smallest absolute Gasteiger partial charge is 0.286 e. The monoisotopic (exact) mass is 357 g/mol. The normalized spacial score (nSPS) is 32.0. The molecule has 0 radical (unpaired) electrons. The molecule has 26 heavy (non-hydrogen) atoms. The van der Waals surface area contributed by atoms with Crippen LogP contribution in [0.5, 0.6) is 0 Å². The number of fused-ring (bicyclic) bond motifs is 1. The number of halogens is 1. The van der Waals surface area contributed by atoms with Crippen LogP contribution in [0, 0.1) is 17.7 Å². The summed E-state index contributed by atoms with van der Waals surface area (Å²) in [6.45, 7) is 1.97. The minimum absolute atomic E-state index is 0.168. The van der Waals surface area contributed by atoms with E-state index in [1.807, 2.05) is 0 Å². The van der Waals surface area contributed by atoms with E-state index in [0.717, 1.165) is 19.4 Å². The molecule has 4 atom stereocenters. The van der Waals surface area contributed by atoms with Gasteiger partial charge in [0, 0.05) is 37.7 Å². The molecule has 3 aliphatic heterocycles. The highest BCUT2D eigenvalue weighted by molar-refractivity contribution is 5.91. The van der Waals surface area contributed by atoms with Gasteiger partial charge in [0.15, 0.2) is 11.6 Å². The Morgan fingerprint density at radius 1 is 1.46 bits per heavy atom. The summed E-state index contributed by atoms with van der Waals surface area (Å²) in [6, 6.07) is 5.06. The number of carbonyl (C=O) groups is 1. The van der Waals surface area contributed by atoms with Crippen LogP contribution in [0.25, 0.3) is 0 Å². The summed E-state index contributed by atoms with van der Waals surface area (Å²) in [7, 11) is 0. The summed E-state index contributed by atoms with van der Waals surface area (Å²) in [5.41, 5.74) is 0.356. The second-order valence-electron chi connectivity index (χ2n) is 7.43. The average molecular weight is 357 g/mol. The maximum Gasteiger partial charge on any atom is 0.286 e. The van der Waals surface area contributed by atoms with Crippen molar-refractivity contribution in [3.05, 3.63) is 48.4 Å². The number of anilines is 1. The SMILES string of the molecule is O=C(NC[C@H]1[C@H]2CN(c3ccncc3F)C[C@]23CC[C@H]1O3)c1ccco1. The standard InChI is InChI=1S/C19H20FN3O3/c20-14-9-21-6-4-15(14)23-10-13-12(16-3-5-19(13,11-23)26-16)8-22-18(24)17-2-1-7-25-17/h1-2,4,6-7,9,12-13,16H,3,5,8,10-11H2,(H,22,24)/t12-,13+,16+,19+/m0/s1. The van der Waals surface area contributed by atoms with Crippen LogP contribution in [0.3, 0.4) is 0 Å². The van der Waals surface area contributed by atoms with Crippen molar-refractivity contribution in [3.63, 3.8) is 0 Å². The Kier molecular flexibility index (Phi) is 3.53. The van der Waals surface area contributed by atoms with Gasteiger partial charge in [-0.2, -0.15) is 0 Å². The van der Waals surface area contributed by atoms with Crippen molar-refractivity contribution in [2.75, 3.05) is 24.5 Å². The zero-order valence-corrected chi connectivity index (χ0v) is 14.2. The molecule has 2 aromatic heterocycles. The van der Waals surface area contributed by atoms with Gasteiger partial charge in [-0.1, -0.05) is 0 Å². The van der Waals surface area contributed by atoms with Gasteiger partial charge in [0.1, 0.15) is 0 Å². The van der Waals surface area contributed by atoms with Crippen LogP contribution in [0.2, 0.25) is 0 Å². The number of nitrogens with zero attached hydrogens (tertiary/aromatic N) is 2. The predicted molar refractivity (Wildman–Crippen MR) is 91.3 cm³/mol. The molecule has 2 bridgehead atoms. The average Bonchev–Trinajstić information content (AvgIpc) is 3.40. The van der Waals surface area contributed by atoms with Crippen molar-refractivity contribution in [2.24, 2.45) is 11.8 Å². The van der Waals surface area contributed by atoms with Gasteiger partial charge in [0.05, 0.1) is 29.9 Å². The zero-order valence-electron chi connectivity index (χ0n) is 14.2. The minimum atomic E-state index is -0.305. The fourth-order valence-corrected chi connectivity index (χ4v) is 4.98. The third kappa shape index (κ3) is 2.34. The first-order valence-corrected chi connectivity index (χ1v) is 9.00. The summed E-state index contributed by atoms with van der Waals surface area (Å²) < 4.78 is 25.7. The van der Waals surface area contributed by atoms with Crippen LogP contribution in [-0.2, 0) is 4.74 Å². The zero-order chi connectivity index (χ0) is 17.7. The fraction of sp³-hybridized carbons (Fsp3) is 0.474. The Hall–Kier alpha value is -2.41. The quantitative estimate of drug-likeness (QED) is 0.909. The third-order valence-corrected chi connectivity index (χ3v) is 6.12. The summed E-state index contributed by atoms with van der Waals surface area (Å²) in [5, 5.41) is 2.97. The lowest BCUT2D eigenvalue weighted by Crippen LogP contribution is -2.41.